The van der Waals surface area contributed by atoms with Crippen LogP contribution in [-0.2, 0) is 9.63 Å². The molecule has 5 nitrogen and oxygen atoms in total. The maximum atomic E-state index is 11.1. The maximum absolute atomic E-state index is 11.1. The Morgan fingerprint density at radius 3 is 2.61 bits per heavy atom. The average Bonchev–Trinajstić information content (AvgIpc) is 2.60. The molecule has 1 saturated carbocycles. The van der Waals surface area contributed by atoms with Crippen LogP contribution in [0, 0.1) is 5.41 Å². The van der Waals surface area contributed by atoms with E-state index in [9.17, 15) is 4.79 Å². The molecule has 0 spiro atoms. The molecule has 18 heavy (non-hydrogen) atoms. The number of hydrogen-bond acceptors (Lipinski definition) is 3. The van der Waals surface area contributed by atoms with Gasteiger partial charge in [-0.25, -0.2) is 0 Å². The number of carboxylic acids is 1. The van der Waals surface area contributed by atoms with Gasteiger partial charge in [-0.1, -0.05) is 0 Å². The Kier molecular flexibility index (Phi) is 4.40. The third-order valence-electron chi connectivity index (χ3n) is 3.70. The quantitative estimate of drug-likeness (QED) is 0.616. The van der Waals surface area contributed by atoms with E-state index in [1.807, 2.05) is 11.9 Å². The molecule has 0 aliphatic heterocycles. The summed E-state index contributed by atoms with van der Waals surface area (Å²) in [6.45, 7) is 8.01. The molecule has 0 saturated heterocycles. The molecule has 0 heterocycles. The Hall–Kier alpha value is -1.07. The summed E-state index contributed by atoms with van der Waals surface area (Å²) in [4.78, 5) is 18.4. The topological polar surface area (TPSA) is 62.1 Å². The zero-order valence-electron chi connectivity index (χ0n) is 11.9. The first-order chi connectivity index (χ1) is 8.15. The summed E-state index contributed by atoms with van der Waals surface area (Å²) in [6.07, 6.45) is 1.84. The van der Waals surface area contributed by atoms with Crippen LogP contribution >= 0.6 is 0 Å². The predicted octanol–water partition coefficient (Wildman–Crippen LogP) is 2.09. The van der Waals surface area contributed by atoms with E-state index in [4.69, 9.17) is 9.94 Å². The van der Waals surface area contributed by atoms with Crippen LogP contribution in [0.2, 0.25) is 0 Å². The molecule has 0 aromatic carbocycles. The third kappa shape index (κ3) is 3.72. The zero-order chi connectivity index (χ0) is 14.0. The molecule has 0 aromatic heterocycles. The molecule has 0 radical (unpaired) electrons. The molecule has 0 aromatic rings. The van der Waals surface area contributed by atoms with E-state index in [2.05, 4.69) is 25.8 Å². The molecular weight excluding hydrogens is 231 g/mol. The molecule has 1 aliphatic carbocycles. The van der Waals surface area contributed by atoms with E-state index >= 15 is 0 Å². The summed E-state index contributed by atoms with van der Waals surface area (Å²) >= 11 is 0. The zero-order valence-corrected chi connectivity index (χ0v) is 11.9. The van der Waals surface area contributed by atoms with Crippen molar-refractivity contribution in [2.24, 2.45) is 10.5 Å². The van der Waals surface area contributed by atoms with Crippen molar-refractivity contribution < 1.29 is 14.7 Å². The summed E-state index contributed by atoms with van der Waals surface area (Å²) in [5.41, 5.74) is -0.659. The number of carboxylic acid groups (broad SMARTS) is 1. The molecule has 102 valence electrons. The SMILES string of the molecule is CN(B=NO[C@@H]1CC[C@@](C)(C(=O)O)C1)C(C)(C)C. The first kappa shape index (κ1) is 15.0. The van der Waals surface area contributed by atoms with Gasteiger partial charge in [0.2, 0.25) is 0 Å². The van der Waals surface area contributed by atoms with Gasteiger partial charge in [0.1, 0.15) is 0 Å². The van der Waals surface area contributed by atoms with Gasteiger partial charge in [-0.05, 0) is 0 Å². The van der Waals surface area contributed by atoms with Crippen LogP contribution in [0.5, 0.6) is 0 Å². The normalized spacial score (nSPS) is 28.2. The van der Waals surface area contributed by atoms with Crippen molar-refractivity contribution in [3.63, 3.8) is 0 Å². The van der Waals surface area contributed by atoms with Crippen LogP contribution in [0.1, 0.15) is 47.0 Å². The molecule has 2 atom stereocenters. The molecule has 0 unspecified atom stereocenters. The second kappa shape index (κ2) is 5.28. The van der Waals surface area contributed by atoms with Gasteiger partial charge in [0.05, 0.1) is 0 Å². The molecule has 6 heteroatoms. The van der Waals surface area contributed by atoms with E-state index < -0.39 is 11.4 Å². The van der Waals surface area contributed by atoms with Crippen molar-refractivity contribution in [3.05, 3.63) is 0 Å². The van der Waals surface area contributed by atoms with Crippen molar-refractivity contribution in [3.8, 4) is 0 Å². The van der Waals surface area contributed by atoms with Crippen molar-refractivity contribution in [2.75, 3.05) is 7.05 Å². The molecule has 0 bridgehead atoms. The Morgan fingerprint density at radius 1 is 1.56 bits per heavy atom. The van der Waals surface area contributed by atoms with E-state index in [0.717, 1.165) is 6.42 Å². The second-order valence-corrected chi connectivity index (χ2v) is 6.34. The van der Waals surface area contributed by atoms with Crippen LogP contribution in [0.4, 0.5) is 0 Å². The Morgan fingerprint density at radius 2 is 2.17 bits per heavy atom. The number of rotatable bonds is 4. The van der Waals surface area contributed by atoms with Crippen molar-refractivity contribution in [2.45, 2.75) is 58.6 Å². The first-order valence-electron chi connectivity index (χ1n) is 6.31. The van der Waals surface area contributed by atoms with Gasteiger partial charge >= 0.3 is 109 Å². The van der Waals surface area contributed by atoms with Crippen LogP contribution in [-0.4, -0.2) is 41.8 Å². The Balaban J connectivity index is 2.43. The van der Waals surface area contributed by atoms with Gasteiger partial charge in [-0.2, -0.15) is 0 Å². The summed E-state index contributed by atoms with van der Waals surface area (Å²) < 4.78 is 0. The number of carbonyl (C=O) groups is 1. The number of nitrogens with zero attached hydrogens (tertiary/aromatic N) is 2. The second-order valence-electron chi connectivity index (χ2n) is 6.34. The standard InChI is InChI=1S/C12H23BN2O3/c1-11(2,3)15(5)13-14-18-9-6-7-12(4,8-9)10(16)17/h9H,6-8H2,1-5H3,(H,16,17)/t9-,12-/m1/s1. The van der Waals surface area contributed by atoms with Crippen molar-refractivity contribution in [1.29, 1.82) is 0 Å². The summed E-state index contributed by atoms with van der Waals surface area (Å²) in [5.74, 6) is -0.746. The predicted molar refractivity (Wildman–Crippen MR) is 70.2 cm³/mol. The summed E-state index contributed by atoms with van der Waals surface area (Å²) in [5, 5.41) is 13.1. The Labute approximate surface area is 109 Å². The molecule has 1 fully saturated rings. The fourth-order valence-electron chi connectivity index (χ4n) is 1.83. The van der Waals surface area contributed by atoms with Crippen LogP contribution < -0.4 is 0 Å². The minimum absolute atomic E-state index is 0.00187. The van der Waals surface area contributed by atoms with Crippen LogP contribution in [0.3, 0.4) is 0 Å². The average molecular weight is 254 g/mol. The summed E-state index contributed by atoms with van der Waals surface area (Å²) in [6, 6.07) is 0. The third-order valence-corrected chi connectivity index (χ3v) is 3.70. The van der Waals surface area contributed by atoms with Crippen molar-refractivity contribution in [1.82, 2.24) is 4.81 Å². The fraction of sp³-hybridized carbons (Fsp3) is 0.917. The fourth-order valence-corrected chi connectivity index (χ4v) is 1.83. The van der Waals surface area contributed by atoms with E-state index in [0.29, 0.717) is 12.8 Å². The van der Waals surface area contributed by atoms with E-state index in [1.54, 1.807) is 14.1 Å². The van der Waals surface area contributed by atoms with E-state index in [-0.39, 0.29) is 11.6 Å². The van der Waals surface area contributed by atoms with Gasteiger partial charge in [0, 0.05) is 0 Å². The van der Waals surface area contributed by atoms with Gasteiger partial charge in [0.25, 0.3) is 0 Å². The van der Waals surface area contributed by atoms with Gasteiger partial charge in [-0.15, -0.1) is 0 Å². The van der Waals surface area contributed by atoms with Gasteiger partial charge in [0.15, 0.2) is 0 Å². The molecular formula is C12H23BN2O3. The number of aliphatic carboxylic acids is 1. The summed E-state index contributed by atoms with van der Waals surface area (Å²) in [7, 11) is 3.58. The van der Waals surface area contributed by atoms with Crippen LogP contribution in [0.25, 0.3) is 0 Å². The molecule has 1 rings (SSSR count). The molecule has 1 aliphatic rings. The number of hydrogen-bond donors (Lipinski definition) is 1. The Bertz CT molecular complexity index is 341. The minimum atomic E-state index is -0.746. The molecule has 0 amide bonds. The van der Waals surface area contributed by atoms with Crippen LogP contribution in [0.15, 0.2) is 5.06 Å². The monoisotopic (exact) mass is 254 g/mol. The van der Waals surface area contributed by atoms with E-state index in [1.165, 1.54) is 0 Å². The van der Waals surface area contributed by atoms with Gasteiger partial charge < -0.3 is 0 Å². The first-order valence-corrected chi connectivity index (χ1v) is 6.31. The molecule has 1 N–H and O–H groups in total. The van der Waals surface area contributed by atoms with Crippen molar-refractivity contribution >= 4 is 13.2 Å². The van der Waals surface area contributed by atoms with Gasteiger partial charge in [-0.3, -0.25) is 0 Å².